The van der Waals surface area contributed by atoms with Gasteiger partial charge in [0.05, 0.1) is 10.0 Å². The van der Waals surface area contributed by atoms with Crippen LogP contribution in [0.5, 0.6) is 0 Å². The van der Waals surface area contributed by atoms with E-state index >= 15 is 0 Å². The van der Waals surface area contributed by atoms with Gasteiger partial charge in [-0.25, -0.2) is 9.18 Å². The SMILES string of the molecule is O=C(COC(=O)/C=C/c1ccc(Cl)c(Cl)c1)Nc1cccc(F)c1. The number of ether oxygens (including phenoxy) is 1. The highest BCUT2D eigenvalue weighted by atomic mass is 35.5. The molecular weight excluding hydrogens is 356 g/mol. The molecule has 0 fully saturated rings. The molecule has 0 unspecified atom stereocenters. The molecule has 0 radical (unpaired) electrons. The molecule has 0 saturated carbocycles. The van der Waals surface area contributed by atoms with Gasteiger partial charge in [-0.3, -0.25) is 4.79 Å². The zero-order valence-electron chi connectivity index (χ0n) is 12.3. The highest BCUT2D eigenvalue weighted by molar-refractivity contribution is 6.42. The number of hydrogen-bond acceptors (Lipinski definition) is 3. The molecule has 0 bridgehead atoms. The Hall–Kier alpha value is -2.37. The van der Waals surface area contributed by atoms with Crippen LogP contribution in [0.25, 0.3) is 6.08 Å². The summed E-state index contributed by atoms with van der Waals surface area (Å²) in [4.78, 5) is 23.2. The smallest absolute Gasteiger partial charge is 0.331 e. The van der Waals surface area contributed by atoms with Crippen molar-refractivity contribution < 1.29 is 18.7 Å². The number of hydrogen-bond donors (Lipinski definition) is 1. The molecule has 0 spiro atoms. The molecule has 1 amide bonds. The fourth-order valence-electron chi connectivity index (χ4n) is 1.73. The zero-order chi connectivity index (χ0) is 17.5. The van der Waals surface area contributed by atoms with Crippen molar-refractivity contribution in [3.63, 3.8) is 0 Å². The van der Waals surface area contributed by atoms with Gasteiger partial charge in [-0.1, -0.05) is 35.3 Å². The molecule has 2 rings (SSSR count). The van der Waals surface area contributed by atoms with Gasteiger partial charge in [0.2, 0.25) is 0 Å². The molecule has 2 aromatic rings. The Labute approximate surface area is 147 Å². The van der Waals surface area contributed by atoms with Gasteiger partial charge in [0.1, 0.15) is 5.82 Å². The average Bonchev–Trinajstić information content (AvgIpc) is 2.54. The van der Waals surface area contributed by atoms with E-state index in [2.05, 4.69) is 5.32 Å². The summed E-state index contributed by atoms with van der Waals surface area (Å²) < 4.78 is 17.8. The van der Waals surface area contributed by atoms with Gasteiger partial charge in [0, 0.05) is 11.8 Å². The number of carbonyl (C=O) groups is 2. The number of anilines is 1. The lowest BCUT2D eigenvalue weighted by Crippen LogP contribution is -2.20. The Morgan fingerprint density at radius 3 is 2.62 bits per heavy atom. The second-order valence-corrected chi connectivity index (χ2v) is 5.49. The Morgan fingerprint density at radius 1 is 1.12 bits per heavy atom. The van der Waals surface area contributed by atoms with E-state index in [0.717, 1.165) is 12.1 Å². The van der Waals surface area contributed by atoms with E-state index < -0.39 is 24.3 Å². The van der Waals surface area contributed by atoms with Crippen LogP contribution in [0.2, 0.25) is 10.0 Å². The van der Waals surface area contributed by atoms with Gasteiger partial charge in [0.25, 0.3) is 5.91 Å². The Balaban J connectivity index is 1.83. The lowest BCUT2D eigenvalue weighted by molar-refractivity contribution is -0.142. The summed E-state index contributed by atoms with van der Waals surface area (Å²) in [5, 5.41) is 3.18. The van der Waals surface area contributed by atoms with Gasteiger partial charge in [-0.05, 0) is 42.0 Å². The molecule has 4 nitrogen and oxygen atoms in total. The Bertz CT molecular complexity index is 793. The summed E-state index contributed by atoms with van der Waals surface area (Å²) in [5.41, 5.74) is 0.938. The van der Waals surface area contributed by atoms with E-state index in [1.165, 1.54) is 24.3 Å². The van der Waals surface area contributed by atoms with Crippen LogP contribution in [-0.4, -0.2) is 18.5 Å². The van der Waals surface area contributed by atoms with E-state index in [4.69, 9.17) is 27.9 Å². The lowest BCUT2D eigenvalue weighted by Gasteiger charge is -2.05. The topological polar surface area (TPSA) is 55.4 Å². The molecule has 0 aliphatic rings. The molecule has 0 atom stereocenters. The number of rotatable bonds is 5. The van der Waals surface area contributed by atoms with Crippen molar-refractivity contribution in [2.45, 2.75) is 0 Å². The number of amides is 1. The number of carbonyl (C=O) groups excluding carboxylic acids is 2. The number of nitrogens with one attached hydrogen (secondary N) is 1. The third-order valence-electron chi connectivity index (χ3n) is 2.81. The standard InChI is InChI=1S/C17H12Cl2FNO3/c18-14-6-4-11(8-15(14)19)5-7-17(23)24-10-16(22)21-13-3-1-2-12(20)9-13/h1-9H,10H2,(H,21,22)/b7-5+. The molecule has 124 valence electrons. The predicted molar refractivity (Wildman–Crippen MR) is 91.5 cm³/mol. The van der Waals surface area contributed by atoms with Crippen molar-refractivity contribution in [1.29, 1.82) is 0 Å². The highest BCUT2D eigenvalue weighted by Crippen LogP contribution is 2.23. The minimum Gasteiger partial charge on any atom is -0.452 e. The maximum Gasteiger partial charge on any atom is 0.331 e. The first-order chi connectivity index (χ1) is 11.4. The molecule has 7 heteroatoms. The van der Waals surface area contributed by atoms with Crippen LogP contribution in [0.3, 0.4) is 0 Å². The van der Waals surface area contributed by atoms with Crippen molar-refractivity contribution in [2.75, 3.05) is 11.9 Å². The summed E-state index contributed by atoms with van der Waals surface area (Å²) in [6.45, 7) is -0.485. The average molecular weight is 368 g/mol. The predicted octanol–water partition coefficient (Wildman–Crippen LogP) is 4.33. The van der Waals surface area contributed by atoms with Crippen LogP contribution < -0.4 is 5.32 Å². The molecule has 0 aromatic heterocycles. The third kappa shape index (κ3) is 5.68. The fraction of sp³-hybridized carbons (Fsp3) is 0.0588. The van der Waals surface area contributed by atoms with E-state index in [0.29, 0.717) is 15.6 Å². The third-order valence-corrected chi connectivity index (χ3v) is 3.55. The zero-order valence-corrected chi connectivity index (χ0v) is 13.8. The van der Waals surface area contributed by atoms with Crippen LogP contribution in [-0.2, 0) is 14.3 Å². The van der Waals surface area contributed by atoms with Gasteiger partial charge < -0.3 is 10.1 Å². The maximum atomic E-state index is 13.0. The molecule has 0 aliphatic carbocycles. The van der Waals surface area contributed by atoms with E-state index in [1.807, 2.05) is 0 Å². The number of benzene rings is 2. The Kier molecular flexibility index (Phi) is 6.35. The lowest BCUT2D eigenvalue weighted by atomic mass is 10.2. The van der Waals surface area contributed by atoms with Crippen molar-refractivity contribution in [1.82, 2.24) is 0 Å². The second kappa shape index (κ2) is 8.47. The quantitative estimate of drug-likeness (QED) is 0.632. The molecule has 2 aromatic carbocycles. The minimum absolute atomic E-state index is 0.280. The first-order valence-electron chi connectivity index (χ1n) is 6.79. The summed E-state index contributed by atoms with van der Waals surface area (Å²) in [6.07, 6.45) is 2.64. The van der Waals surface area contributed by atoms with Gasteiger partial charge in [0.15, 0.2) is 6.61 Å². The molecule has 0 saturated heterocycles. The normalized spacial score (nSPS) is 10.6. The second-order valence-electron chi connectivity index (χ2n) is 4.67. The largest absolute Gasteiger partial charge is 0.452 e. The molecule has 24 heavy (non-hydrogen) atoms. The van der Waals surface area contributed by atoms with E-state index in [-0.39, 0.29) is 5.69 Å². The van der Waals surface area contributed by atoms with Crippen LogP contribution in [0.1, 0.15) is 5.56 Å². The summed E-state index contributed by atoms with van der Waals surface area (Å²) in [5.74, 6) is -1.75. The van der Waals surface area contributed by atoms with E-state index in [9.17, 15) is 14.0 Å². The van der Waals surface area contributed by atoms with Gasteiger partial charge in [-0.15, -0.1) is 0 Å². The van der Waals surface area contributed by atoms with Crippen molar-refractivity contribution in [3.8, 4) is 0 Å². The molecule has 1 N–H and O–H groups in total. The van der Waals surface area contributed by atoms with Gasteiger partial charge >= 0.3 is 5.97 Å². The maximum absolute atomic E-state index is 13.0. The summed E-state index contributed by atoms with van der Waals surface area (Å²) in [7, 11) is 0. The van der Waals surface area contributed by atoms with Gasteiger partial charge in [-0.2, -0.15) is 0 Å². The van der Waals surface area contributed by atoms with Crippen LogP contribution in [0, 0.1) is 5.82 Å². The van der Waals surface area contributed by atoms with Crippen molar-refractivity contribution in [3.05, 3.63) is 70.0 Å². The Morgan fingerprint density at radius 2 is 1.92 bits per heavy atom. The monoisotopic (exact) mass is 367 g/mol. The number of halogens is 3. The molecule has 0 aliphatic heterocycles. The minimum atomic E-state index is -0.699. The van der Waals surface area contributed by atoms with Crippen molar-refractivity contribution in [2.24, 2.45) is 0 Å². The van der Waals surface area contributed by atoms with Crippen LogP contribution in [0.15, 0.2) is 48.5 Å². The van der Waals surface area contributed by atoms with Crippen molar-refractivity contribution >= 4 is 46.8 Å². The first kappa shape index (κ1) is 18.0. The fourth-order valence-corrected chi connectivity index (χ4v) is 2.03. The van der Waals surface area contributed by atoms with Crippen LogP contribution >= 0.6 is 23.2 Å². The summed E-state index contributed by atoms with van der Waals surface area (Å²) in [6, 6.07) is 10.2. The number of esters is 1. The van der Waals surface area contributed by atoms with Crippen LogP contribution in [0.4, 0.5) is 10.1 Å². The summed E-state index contributed by atoms with van der Waals surface area (Å²) >= 11 is 11.6. The molecule has 0 heterocycles. The van der Waals surface area contributed by atoms with E-state index in [1.54, 1.807) is 18.2 Å². The first-order valence-corrected chi connectivity index (χ1v) is 7.55. The molecular formula is C17H12Cl2FNO3. The highest BCUT2D eigenvalue weighted by Gasteiger charge is 2.06.